The van der Waals surface area contributed by atoms with Crippen molar-refractivity contribution >= 4 is 5.97 Å². The molecule has 0 spiro atoms. The summed E-state index contributed by atoms with van der Waals surface area (Å²) in [5.74, 6) is 0.714. The lowest BCUT2D eigenvalue weighted by atomic mass is 10.2. The van der Waals surface area contributed by atoms with Crippen LogP contribution in [-0.2, 0) is 14.3 Å². The summed E-state index contributed by atoms with van der Waals surface area (Å²) in [6, 6.07) is 0. The fraction of sp³-hybridized carbons (Fsp3) is 0.650. The molecule has 4 nitrogen and oxygen atoms in total. The topological polar surface area (TPSA) is 47.6 Å². The number of allylic oxidation sites excluding steroid dienone is 3. The van der Waals surface area contributed by atoms with Crippen LogP contribution < -0.4 is 5.32 Å². The summed E-state index contributed by atoms with van der Waals surface area (Å²) < 4.78 is 9.76. The lowest BCUT2D eigenvalue weighted by molar-refractivity contribution is -0.143. The van der Waals surface area contributed by atoms with Gasteiger partial charge in [0.15, 0.2) is 0 Å². The zero-order valence-electron chi connectivity index (χ0n) is 16.9. The van der Waals surface area contributed by atoms with Gasteiger partial charge in [0.25, 0.3) is 0 Å². The van der Waals surface area contributed by atoms with E-state index in [0.717, 1.165) is 31.6 Å². The van der Waals surface area contributed by atoms with Crippen LogP contribution in [0.15, 0.2) is 36.3 Å². The summed E-state index contributed by atoms with van der Waals surface area (Å²) in [6.45, 7) is 17.2. The number of rotatable bonds is 10. The van der Waals surface area contributed by atoms with Crippen molar-refractivity contribution in [1.82, 2.24) is 5.32 Å². The Labute approximate surface area is 150 Å². The van der Waals surface area contributed by atoms with Gasteiger partial charge in [0, 0.05) is 13.0 Å². The van der Waals surface area contributed by atoms with E-state index in [2.05, 4.69) is 30.5 Å². The van der Waals surface area contributed by atoms with Crippen molar-refractivity contribution in [3.05, 3.63) is 36.3 Å². The van der Waals surface area contributed by atoms with Crippen molar-refractivity contribution in [1.29, 1.82) is 0 Å². The number of methoxy groups -OCH3 is 1. The van der Waals surface area contributed by atoms with Crippen LogP contribution in [0.1, 0.15) is 67.2 Å². The lowest BCUT2D eigenvalue weighted by Gasteiger charge is -2.03. The highest BCUT2D eigenvalue weighted by Gasteiger charge is 1.95. The van der Waals surface area contributed by atoms with Gasteiger partial charge >= 0.3 is 5.97 Å². The average molecular weight is 342 g/mol. The first-order chi connectivity index (χ1) is 11.6. The molecule has 0 bridgehead atoms. The van der Waals surface area contributed by atoms with E-state index in [1.165, 1.54) is 5.57 Å². The van der Waals surface area contributed by atoms with Crippen LogP contribution in [0.3, 0.4) is 0 Å². The van der Waals surface area contributed by atoms with Gasteiger partial charge in [0.1, 0.15) is 5.76 Å². The normalized spacial score (nSPS) is 10.5. The van der Waals surface area contributed by atoms with E-state index in [1.807, 2.05) is 40.0 Å². The van der Waals surface area contributed by atoms with Gasteiger partial charge in [-0.3, -0.25) is 4.79 Å². The summed E-state index contributed by atoms with van der Waals surface area (Å²) in [6.07, 6.45) is 9.28. The van der Waals surface area contributed by atoms with Gasteiger partial charge in [0.05, 0.1) is 13.7 Å². The molecule has 0 aliphatic rings. The minimum absolute atomic E-state index is 0.0880. The van der Waals surface area contributed by atoms with Gasteiger partial charge in [-0.2, -0.15) is 0 Å². The zero-order valence-corrected chi connectivity index (χ0v) is 16.9. The number of nitrogens with one attached hydrogen (secondary N) is 1. The molecule has 4 heteroatoms. The number of carbonyl (C=O) groups is 1. The molecule has 0 heterocycles. The van der Waals surface area contributed by atoms with E-state index >= 15 is 0 Å². The van der Waals surface area contributed by atoms with Crippen LogP contribution in [0.2, 0.25) is 0 Å². The molecule has 0 fully saturated rings. The summed E-state index contributed by atoms with van der Waals surface area (Å²) in [5, 5.41) is 3.24. The highest BCUT2D eigenvalue weighted by molar-refractivity contribution is 5.69. The predicted octanol–water partition coefficient (Wildman–Crippen LogP) is 5.37. The fourth-order valence-corrected chi connectivity index (χ4v) is 1.41. The Morgan fingerprint density at radius 2 is 1.75 bits per heavy atom. The molecular weight excluding hydrogens is 302 g/mol. The molecule has 0 atom stereocenters. The second-order valence-corrected chi connectivity index (χ2v) is 4.54. The summed E-state index contributed by atoms with van der Waals surface area (Å²) in [5.41, 5.74) is 1.22. The summed E-state index contributed by atoms with van der Waals surface area (Å²) >= 11 is 0. The predicted molar refractivity (Wildman–Crippen MR) is 105 cm³/mol. The van der Waals surface area contributed by atoms with E-state index in [1.54, 1.807) is 13.2 Å². The van der Waals surface area contributed by atoms with Crippen molar-refractivity contribution in [3.63, 3.8) is 0 Å². The molecule has 0 aliphatic heterocycles. The standard InChI is InChI=1S/C12H21NO.C6H12O2.C2H6/c1-5-8-13-10-11(6-2)9-12(7-3)14-4;1-3-5-6(7)8-4-2;1-2/h7,9-10,13H,3,5-6,8H2,1-2,4H3;3-5H2,1-2H3;1-2H3/b11-10+,12-9+;;. The Bertz CT molecular complexity index is 339. The third kappa shape index (κ3) is 20.3. The molecule has 0 aromatic carbocycles. The Balaban J connectivity index is -0.000000374. The van der Waals surface area contributed by atoms with Crippen LogP contribution in [0.25, 0.3) is 0 Å². The van der Waals surface area contributed by atoms with Crippen molar-refractivity contribution in [3.8, 4) is 0 Å². The number of hydrogen-bond acceptors (Lipinski definition) is 4. The third-order valence-corrected chi connectivity index (χ3v) is 2.61. The molecular formula is C20H39NO3. The Morgan fingerprint density at radius 1 is 1.12 bits per heavy atom. The maximum atomic E-state index is 10.4. The molecule has 0 amide bonds. The molecule has 0 aliphatic carbocycles. The molecule has 0 rings (SSSR count). The van der Waals surface area contributed by atoms with E-state index in [9.17, 15) is 4.79 Å². The van der Waals surface area contributed by atoms with E-state index in [4.69, 9.17) is 4.74 Å². The molecule has 0 unspecified atom stereocenters. The van der Waals surface area contributed by atoms with Crippen molar-refractivity contribution < 1.29 is 14.3 Å². The van der Waals surface area contributed by atoms with E-state index in [-0.39, 0.29) is 5.97 Å². The maximum Gasteiger partial charge on any atom is 0.305 e. The Hall–Kier alpha value is -1.71. The van der Waals surface area contributed by atoms with Gasteiger partial charge < -0.3 is 14.8 Å². The number of carbonyl (C=O) groups excluding carboxylic acids is 1. The van der Waals surface area contributed by atoms with E-state index in [0.29, 0.717) is 13.0 Å². The second-order valence-electron chi connectivity index (χ2n) is 4.54. The average Bonchev–Trinajstić information content (AvgIpc) is 2.61. The maximum absolute atomic E-state index is 10.4. The van der Waals surface area contributed by atoms with Crippen LogP contribution in [0.4, 0.5) is 0 Å². The van der Waals surface area contributed by atoms with Gasteiger partial charge in [-0.15, -0.1) is 0 Å². The van der Waals surface area contributed by atoms with Crippen molar-refractivity contribution in [2.45, 2.75) is 67.2 Å². The largest absolute Gasteiger partial charge is 0.497 e. The van der Waals surface area contributed by atoms with Crippen LogP contribution >= 0.6 is 0 Å². The highest BCUT2D eigenvalue weighted by Crippen LogP contribution is 2.07. The zero-order chi connectivity index (χ0) is 19.2. The molecule has 0 saturated heterocycles. The smallest absolute Gasteiger partial charge is 0.305 e. The van der Waals surface area contributed by atoms with Gasteiger partial charge in [0.2, 0.25) is 0 Å². The first-order valence-electron chi connectivity index (χ1n) is 9.05. The first kappa shape index (κ1) is 27.2. The highest BCUT2D eigenvalue weighted by atomic mass is 16.5. The molecule has 0 saturated carbocycles. The Kier molecular flexibility index (Phi) is 26.6. The number of ether oxygens (including phenoxy) is 2. The third-order valence-electron chi connectivity index (χ3n) is 2.61. The first-order valence-corrected chi connectivity index (χ1v) is 9.05. The quantitative estimate of drug-likeness (QED) is 0.251. The van der Waals surface area contributed by atoms with Crippen molar-refractivity contribution in [2.75, 3.05) is 20.3 Å². The minimum Gasteiger partial charge on any atom is -0.497 e. The fourth-order valence-electron chi connectivity index (χ4n) is 1.41. The minimum atomic E-state index is -0.0880. The molecule has 0 aromatic heterocycles. The molecule has 24 heavy (non-hydrogen) atoms. The van der Waals surface area contributed by atoms with E-state index < -0.39 is 0 Å². The SMILES string of the molecule is C=C/C(=C\C(=C\NCCC)CC)OC.CC.CCCC(=O)OCC. The molecule has 142 valence electrons. The van der Waals surface area contributed by atoms with Gasteiger partial charge in [-0.25, -0.2) is 0 Å². The monoisotopic (exact) mass is 341 g/mol. The summed E-state index contributed by atoms with van der Waals surface area (Å²) in [7, 11) is 1.65. The molecule has 0 radical (unpaired) electrons. The lowest BCUT2D eigenvalue weighted by Crippen LogP contribution is -2.06. The van der Waals surface area contributed by atoms with Gasteiger partial charge in [-0.1, -0.05) is 41.2 Å². The van der Waals surface area contributed by atoms with Crippen LogP contribution in [0, 0.1) is 0 Å². The molecule has 1 N–H and O–H groups in total. The van der Waals surface area contributed by atoms with Crippen LogP contribution in [-0.4, -0.2) is 26.2 Å². The second kappa shape index (κ2) is 23.6. The number of esters is 1. The van der Waals surface area contributed by atoms with Crippen LogP contribution in [0.5, 0.6) is 0 Å². The molecule has 0 aromatic rings. The van der Waals surface area contributed by atoms with Crippen molar-refractivity contribution in [2.24, 2.45) is 0 Å². The summed E-state index contributed by atoms with van der Waals surface area (Å²) in [4.78, 5) is 10.4. The Morgan fingerprint density at radius 3 is 2.12 bits per heavy atom. The van der Waals surface area contributed by atoms with Gasteiger partial charge in [-0.05, 0) is 50.1 Å². The number of hydrogen-bond donors (Lipinski definition) is 1.